The zero-order chi connectivity index (χ0) is 22.1. The van der Waals surface area contributed by atoms with Crippen molar-refractivity contribution in [3.63, 3.8) is 0 Å². The fourth-order valence-corrected chi connectivity index (χ4v) is 6.09. The summed E-state index contributed by atoms with van der Waals surface area (Å²) in [5, 5.41) is 30.1. The highest BCUT2D eigenvalue weighted by molar-refractivity contribution is 5.44. The third-order valence-corrected chi connectivity index (χ3v) is 7.91. The third-order valence-electron chi connectivity index (χ3n) is 7.91. The maximum Gasteiger partial charge on any atom is 0.0965 e. The summed E-state index contributed by atoms with van der Waals surface area (Å²) in [7, 11) is 0. The molecule has 166 valence electrons. The zero-order valence-corrected chi connectivity index (χ0v) is 19.2. The van der Waals surface area contributed by atoms with Gasteiger partial charge in [-0.3, -0.25) is 0 Å². The van der Waals surface area contributed by atoms with Crippen LogP contribution in [-0.4, -0.2) is 33.1 Å². The van der Waals surface area contributed by atoms with Gasteiger partial charge in [0.15, 0.2) is 0 Å². The first kappa shape index (κ1) is 23.3. The Labute approximate surface area is 183 Å². The maximum absolute atomic E-state index is 10.1. The highest BCUT2D eigenvalue weighted by Crippen LogP contribution is 2.58. The minimum absolute atomic E-state index is 0.293. The molecule has 3 heteroatoms. The Kier molecular flexibility index (Phi) is 7.02. The summed E-state index contributed by atoms with van der Waals surface area (Å²) in [5.74, 6) is 8.55. The van der Waals surface area contributed by atoms with Gasteiger partial charge in [0.2, 0.25) is 0 Å². The fourth-order valence-electron chi connectivity index (χ4n) is 6.09. The van der Waals surface area contributed by atoms with Gasteiger partial charge in [0.25, 0.3) is 0 Å². The van der Waals surface area contributed by atoms with E-state index in [-0.39, 0.29) is 0 Å². The molecule has 3 rings (SSSR count). The summed E-state index contributed by atoms with van der Waals surface area (Å²) < 4.78 is 0. The van der Waals surface area contributed by atoms with Gasteiger partial charge in [0, 0.05) is 17.6 Å². The van der Waals surface area contributed by atoms with Gasteiger partial charge >= 0.3 is 0 Å². The van der Waals surface area contributed by atoms with Gasteiger partial charge < -0.3 is 15.3 Å². The number of aliphatic hydroxyl groups excluding tert-OH is 2. The van der Waals surface area contributed by atoms with E-state index in [0.29, 0.717) is 35.2 Å². The van der Waals surface area contributed by atoms with Crippen molar-refractivity contribution in [2.24, 2.45) is 23.2 Å². The number of hydrogen-bond acceptors (Lipinski definition) is 3. The van der Waals surface area contributed by atoms with E-state index in [1.807, 2.05) is 13.8 Å². The van der Waals surface area contributed by atoms with Crippen molar-refractivity contribution in [3.05, 3.63) is 35.5 Å². The molecule has 1 fully saturated rings. The van der Waals surface area contributed by atoms with E-state index in [9.17, 15) is 15.3 Å². The van der Waals surface area contributed by atoms with E-state index in [4.69, 9.17) is 0 Å². The Morgan fingerprint density at radius 3 is 2.67 bits per heavy atom. The number of rotatable bonds is 5. The quantitative estimate of drug-likeness (QED) is 0.443. The van der Waals surface area contributed by atoms with E-state index in [0.717, 1.165) is 24.8 Å². The molecule has 0 aliphatic heterocycles. The number of hydrogen-bond donors (Lipinski definition) is 3. The smallest absolute Gasteiger partial charge is 0.0965 e. The molecular weight excluding hydrogens is 372 g/mol. The molecule has 3 aliphatic rings. The first-order chi connectivity index (χ1) is 14.0. The van der Waals surface area contributed by atoms with E-state index in [2.05, 4.69) is 38.3 Å². The lowest BCUT2D eigenvalue weighted by Gasteiger charge is -2.42. The van der Waals surface area contributed by atoms with E-state index in [1.54, 1.807) is 6.08 Å². The van der Waals surface area contributed by atoms with Crippen molar-refractivity contribution in [1.82, 2.24) is 0 Å². The lowest BCUT2D eigenvalue weighted by Crippen LogP contribution is -2.35. The van der Waals surface area contributed by atoms with Crippen LogP contribution in [0.25, 0.3) is 0 Å². The Bertz CT molecular complexity index is 772. The van der Waals surface area contributed by atoms with E-state index >= 15 is 0 Å². The van der Waals surface area contributed by atoms with Crippen molar-refractivity contribution < 1.29 is 15.3 Å². The van der Waals surface area contributed by atoms with Crippen LogP contribution in [-0.2, 0) is 0 Å². The van der Waals surface area contributed by atoms with Gasteiger partial charge in [-0.25, -0.2) is 0 Å². The Morgan fingerprint density at radius 1 is 1.27 bits per heavy atom. The molecule has 1 saturated carbocycles. The van der Waals surface area contributed by atoms with Crippen LogP contribution in [0.2, 0.25) is 0 Å². The van der Waals surface area contributed by atoms with Crippen molar-refractivity contribution in [2.75, 3.05) is 0 Å². The molecule has 0 unspecified atom stereocenters. The summed E-state index contributed by atoms with van der Waals surface area (Å²) in [4.78, 5) is 0. The molecule has 6 atom stereocenters. The van der Waals surface area contributed by atoms with Crippen LogP contribution < -0.4 is 0 Å². The first-order valence-electron chi connectivity index (χ1n) is 11.7. The molecule has 3 N–H and O–H groups in total. The maximum atomic E-state index is 10.1. The molecule has 0 aromatic carbocycles. The van der Waals surface area contributed by atoms with E-state index < -0.39 is 17.8 Å². The molecule has 3 nitrogen and oxygen atoms in total. The van der Waals surface area contributed by atoms with Gasteiger partial charge in [-0.2, -0.15) is 0 Å². The standard InChI is InChI=1S/C27H40O3/c1-18(8-6-14-26(3,4)30)22-12-13-23-21(9-7-15-27(22,23)5)11-10-20-16-24(28)19(2)25(29)17-20/h9,16,18,22-25,28-30H,2,6-8,12-15,17H2,1,3-5H3/t18-,22-,23-,24-,25-,27-/m1/s1. The number of aliphatic hydroxyl groups is 3. The third kappa shape index (κ3) is 5.10. The van der Waals surface area contributed by atoms with Crippen molar-refractivity contribution in [2.45, 2.75) is 96.9 Å². The van der Waals surface area contributed by atoms with Crippen LogP contribution in [0.4, 0.5) is 0 Å². The van der Waals surface area contributed by atoms with Crippen LogP contribution in [0.1, 0.15) is 79.1 Å². The summed E-state index contributed by atoms with van der Waals surface area (Å²) >= 11 is 0. The Balaban J connectivity index is 1.69. The minimum Gasteiger partial charge on any atom is -0.390 e. The van der Waals surface area contributed by atoms with Crippen LogP contribution in [0.3, 0.4) is 0 Å². The molecule has 0 aromatic heterocycles. The molecule has 0 saturated heterocycles. The molecule has 0 aromatic rings. The molecule has 0 radical (unpaired) electrons. The molecular formula is C27H40O3. The normalized spacial score (nSPS) is 35.1. The van der Waals surface area contributed by atoms with Crippen molar-refractivity contribution >= 4 is 0 Å². The molecule has 0 spiro atoms. The lowest BCUT2D eigenvalue weighted by molar-refractivity contribution is 0.0614. The molecule has 0 heterocycles. The minimum atomic E-state index is -0.802. The summed E-state index contributed by atoms with van der Waals surface area (Å²) in [5.41, 5.74) is 2.25. The summed E-state index contributed by atoms with van der Waals surface area (Å²) in [6.07, 6.45) is 10.8. The molecule has 0 amide bonds. The molecule has 30 heavy (non-hydrogen) atoms. The van der Waals surface area contributed by atoms with Crippen molar-refractivity contribution in [3.8, 4) is 11.8 Å². The van der Waals surface area contributed by atoms with Crippen molar-refractivity contribution in [1.29, 1.82) is 0 Å². The summed E-state index contributed by atoms with van der Waals surface area (Å²) in [6, 6.07) is 0. The Morgan fingerprint density at radius 2 is 2.00 bits per heavy atom. The SMILES string of the molecule is C=C1[C@H](O)C=C(C#CC2=CCC[C@@]3(C)[C@@H]2CC[C@@H]3[C@H](C)CCCC(C)(C)O)C[C@H]1O. The van der Waals surface area contributed by atoms with Crippen LogP contribution >= 0.6 is 0 Å². The largest absolute Gasteiger partial charge is 0.390 e. The van der Waals surface area contributed by atoms with Gasteiger partial charge in [0.05, 0.1) is 17.8 Å². The first-order valence-corrected chi connectivity index (χ1v) is 11.7. The second-order valence-electron chi connectivity index (χ2n) is 10.8. The number of fused-ring (bicyclic) bond motifs is 1. The lowest BCUT2D eigenvalue weighted by atomic mass is 9.62. The van der Waals surface area contributed by atoms with Crippen LogP contribution in [0.5, 0.6) is 0 Å². The molecule has 0 bridgehead atoms. The highest BCUT2D eigenvalue weighted by Gasteiger charge is 2.50. The van der Waals surface area contributed by atoms with Gasteiger partial charge in [-0.1, -0.05) is 51.2 Å². The average molecular weight is 413 g/mol. The Hall–Kier alpha value is -1.34. The predicted octanol–water partition coefficient (Wildman–Crippen LogP) is 4.93. The highest BCUT2D eigenvalue weighted by atomic mass is 16.3. The van der Waals surface area contributed by atoms with Gasteiger partial charge in [-0.15, -0.1) is 0 Å². The predicted molar refractivity (Wildman–Crippen MR) is 123 cm³/mol. The summed E-state index contributed by atoms with van der Waals surface area (Å²) in [6.45, 7) is 12.4. The topological polar surface area (TPSA) is 60.7 Å². The fraction of sp³-hybridized carbons (Fsp3) is 0.704. The second-order valence-corrected chi connectivity index (χ2v) is 10.8. The van der Waals surface area contributed by atoms with Crippen LogP contribution in [0.15, 0.2) is 35.5 Å². The second kappa shape index (κ2) is 9.03. The van der Waals surface area contributed by atoms with Gasteiger partial charge in [-0.05, 0) is 80.8 Å². The molecule has 3 aliphatic carbocycles. The zero-order valence-electron chi connectivity index (χ0n) is 19.2. The monoisotopic (exact) mass is 412 g/mol. The average Bonchev–Trinajstić information content (AvgIpc) is 3.00. The van der Waals surface area contributed by atoms with Crippen LogP contribution in [0, 0.1) is 35.0 Å². The van der Waals surface area contributed by atoms with E-state index in [1.165, 1.54) is 31.3 Å². The van der Waals surface area contributed by atoms with Gasteiger partial charge in [0.1, 0.15) is 0 Å². The number of allylic oxidation sites excluding steroid dienone is 2.